The minimum Gasteiger partial charge on any atom is -0.475 e. The summed E-state index contributed by atoms with van der Waals surface area (Å²) in [4.78, 5) is 37.9. The Balaban J connectivity index is 1.71. The lowest BCUT2D eigenvalue weighted by Gasteiger charge is -2.37. The monoisotopic (exact) mass is 279 g/mol. The number of aromatic nitrogens is 1. The quantitative estimate of drug-likeness (QED) is 0.805. The predicted molar refractivity (Wildman–Crippen MR) is 64.1 cm³/mol. The van der Waals surface area contributed by atoms with E-state index in [-0.39, 0.29) is 29.3 Å². The molecule has 0 bridgehead atoms. The minimum absolute atomic E-state index is 0.0137. The van der Waals surface area contributed by atoms with Gasteiger partial charge in [-0.05, 0) is 6.42 Å². The van der Waals surface area contributed by atoms with Crippen LogP contribution in [0.5, 0.6) is 0 Å². The van der Waals surface area contributed by atoms with Gasteiger partial charge < -0.3 is 19.4 Å². The third-order valence-corrected chi connectivity index (χ3v) is 3.72. The number of hydrogen-bond donors (Lipinski definition) is 1. The third kappa shape index (κ3) is 2.02. The Hall–Kier alpha value is -2.38. The lowest BCUT2D eigenvalue weighted by molar-refractivity contribution is -0.130. The fraction of sp³-hybridized carbons (Fsp3) is 0.500. The second-order valence-electron chi connectivity index (χ2n) is 4.91. The molecular formula is C12H13N3O5. The topological polar surface area (TPSA) is 104 Å². The summed E-state index contributed by atoms with van der Waals surface area (Å²) in [5, 5.41) is 12.2. The molecule has 2 saturated heterocycles. The molecule has 1 atom stereocenters. The molecule has 1 aromatic heterocycles. The Bertz CT molecular complexity index is 581. The van der Waals surface area contributed by atoms with Crippen molar-refractivity contribution in [2.45, 2.75) is 18.9 Å². The molecule has 3 heterocycles. The van der Waals surface area contributed by atoms with Gasteiger partial charge in [-0.2, -0.15) is 0 Å². The van der Waals surface area contributed by atoms with Gasteiger partial charge in [0.1, 0.15) is 0 Å². The molecule has 1 aromatic rings. The number of fused-ring (bicyclic) bond motifs is 1. The van der Waals surface area contributed by atoms with Crippen molar-refractivity contribution in [2.24, 2.45) is 0 Å². The van der Waals surface area contributed by atoms with Crippen LogP contribution in [0, 0.1) is 0 Å². The Morgan fingerprint density at radius 3 is 2.90 bits per heavy atom. The van der Waals surface area contributed by atoms with Gasteiger partial charge in [0.05, 0.1) is 0 Å². The van der Waals surface area contributed by atoms with E-state index in [0.717, 1.165) is 12.5 Å². The van der Waals surface area contributed by atoms with Gasteiger partial charge in [-0.25, -0.2) is 4.79 Å². The van der Waals surface area contributed by atoms with Crippen LogP contribution in [0.2, 0.25) is 0 Å². The Morgan fingerprint density at radius 2 is 2.20 bits per heavy atom. The summed E-state index contributed by atoms with van der Waals surface area (Å²) in [5.74, 6) is -1.84. The van der Waals surface area contributed by atoms with Gasteiger partial charge in [0.15, 0.2) is 5.69 Å². The van der Waals surface area contributed by atoms with Crippen molar-refractivity contribution < 1.29 is 24.0 Å². The van der Waals surface area contributed by atoms with E-state index in [1.54, 1.807) is 9.80 Å². The number of rotatable bonds is 2. The van der Waals surface area contributed by atoms with Gasteiger partial charge in [0.25, 0.3) is 5.91 Å². The number of carbonyl (C=O) groups excluding carboxylic acids is 2. The molecule has 8 heteroatoms. The number of hydrogen-bond acceptors (Lipinski definition) is 5. The molecule has 0 spiro atoms. The normalized spacial score (nSPS) is 22.0. The highest BCUT2D eigenvalue weighted by Gasteiger charge is 2.37. The first-order chi connectivity index (χ1) is 9.56. The smallest absolute Gasteiger partial charge is 0.374 e. The van der Waals surface area contributed by atoms with Crippen LogP contribution >= 0.6 is 0 Å². The van der Waals surface area contributed by atoms with E-state index in [2.05, 4.69) is 9.68 Å². The zero-order valence-electron chi connectivity index (χ0n) is 10.6. The van der Waals surface area contributed by atoms with E-state index in [1.807, 2.05) is 0 Å². The average Bonchev–Trinajstić information content (AvgIpc) is 3.05. The number of aromatic carboxylic acids is 1. The van der Waals surface area contributed by atoms with E-state index in [1.165, 1.54) is 0 Å². The number of carboxylic acids is 1. The van der Waals surface area contributed by atoms with Crippen LogP contribution in [0.3, 0.4) is 0 Å². The molecule has 0 aliphatic carbocycles. The molecule has 3 rings (SSSR count). The van der Waals surface area contributed by atoms with Crippen LogP contribution in [-0.4, -0.2) is 63.5 Å². The van der Waals surface area contributed by atoms with Gasteiger partial charge in [0, 0.05) is 38.2 Å². The first-order valence-corrected chi connectivity index (χ1v) is 6.35. The molecule has 2 amide bonds. The largest absolute Gasteiger partial charge is 0.475 e. The summed E-state index contributed by atoms with van der Waals surface area (Å²) >= 11 is 0. The van der Waals surface area contributed by atoms with Crippen LogP contribution in [0.25, 0.3) is 0 Å². The van der Waals surface area contributed by atoms with Crippen molar-refractivity contribution in [3.05, 3.63) is 17.5 Å². The zero-order valence-corrected chi connectivity index (χ0v) is 10.6. The number of nitrogens with zero attached hydrogens (tertiary/aromatic N) is 3. The summed E-state index contributed by atoms with van der Waals surface area (Å²) < 4.78 is 4.58. The second kappa shape index (κ2) is 4.62. The molecule has 8 nitrogen and oxygen atoms in total. The number of amides is 2. The Kier molecular flexibility index (Phi) is 2.92. The molecule has 2 aliphatic heterocycles. The molecule has 106 valence electrons. The summed E-state index contributed by atoms with van der Waals surface area (Å²) in [7, 11) is 0. The van der Waals surface area contributed by atoms with E-state index < -0.39 is 5.97 Å². The highest BCUT2D eigenvalue weighted by Crippen LogP contribution is 2.23. The average molecular weight is 279 g/mol. The van der Waals surface area contributed by atoms with Crippen LogP contribution in [0.15, 0.2) is 10.6 Å². The molecule has 1 unspecified atom stereocenters. The molecule has 0 radical (unpaired) electrons. The summed E-state index contributed by atoms with van der Waals surface area (Å²) in [6.45, 7) is 1.40. The first kappa shape index (κ1) is 12.6. The van der Waals surface area contributed by atoms with Gasteiger partial charge in [-0.15, -0.1) is 0 Å². The summed E-state index contributed by atoms with van der Waals surface area (Å²) in [6, 6.07) is 1.18. The van der Waals surface area contributed by atoms with Crippen molar-refractivity contribution in [3.63, 3.8) is 0 Å². The predicted octanol–water partition coefficient (Wildman–Crippen LogP) is -0.180. The zero-order chi connectivity index (χ0) is 14.3. The number of carbonyl (C=O) groups is 3. The van der Waals surface area contributed by atoms with Crippen molar-refractivity contribution in [2.75, 3.05) is 19.6 Å². The highest BCUT2D eigenvalue weighted by molar-refractivity contribution is 5.95. The van der Waals surface area contributed by atoms with Crippen LogP contribution in [-0.2, 0) is 4.79 Å². The fourth-order valence-electron chi connectivity index (χ4n) is 2.69. The van der Waals surface area contributed by atoms with Crippen LogP contribution in [0.4, 0.5) is 0 Å². The van der Waals surface area contributed by atoms with Gasteiger partial charge in [-0.3, -0.25) is 9.59 Å². The Morgan fingerprint density at radius 1 is 1.40 bits per heavy atom. The van der Waals surface area contributed by atoms with Crippen molar-refractivity contribution in [1.82, 2.24) is 15.0 Å². The van der Waals surface area contributed by atoms with E-state index >= 15 is 0 Å². The molecule has 2 aliphatic rings. The maximum Gasteiger partial charge on any atom is 0.374 e. The number of carboxylic acid groups (broad SMARTS) is 1. The standard InChI is InChI=1S/C12H13N3O5/c16-10-2-1-7-6-14(3-4-15(7)10)11(17)8-5-9(12(18)19)20-13-8/h5,7H,1-4,6H2,(H,18,19). The van der Waals surface area contributed by atoms with E-state index in [4.69, 9.17) is 5.11 Å². The van der Waals surface area contributed by atoms with Crippen molar-refractivity contribution in [1.29, 1.82) is 0 Å². The van der Waals surface area contributed by atoms with E-state index in [9.17, 15) is 14.4 Å². The number of piperazine rings is 1. The molecule has 0 aromatic carbocycles. The molecule has 0 saturated carbocycles. The third-order valence-electron chi connectivity index (χ3n) is 3.72. The summed E-state index contributed by atoms with van der Waals surface area (Å²) in [6.07, 6.45) is 1.28. The van der Waals surface area contributed by atoms with Gasteiger partial charge in [0.2, 0.25) is 11.7 Å². The SMILES string of the molecule is O=C(O)c1cc(C(=O)N2CCN3C(=O)CCC3C2)no1. The van der Waals surface area contributed by atoms with Crippen LogP contribution < -0.4 is 0 Å². The molecule has 1 N–H and O–H groups in total. The summed E-state index contributed by atoms with van der Waals surface area (Å²) in [5.41, 5.74) is -0.0137. The van der Waals surface area contributed by atoms with Crippen molar-refractivity contribution >= 4 is 17.8 Å². The lowest BCUT2D eigenvalue weighted by Crippen LogP contribution is -2.53. The molecular weight excluding hydrogens is 266 g/mol. The first-order valence-electron chi connectivity index (χ1n) is 6.35. The van der Waals surface area contributed by atoms with Crippen LogP contribution in [0.1, 0.15) is 33.9 Å². The lowest BCUT2D eigenvalue weighted by atomic mass is 10.1. The van der Waals surface area contributed by atoms with Gasteiger partial charge in [-0.1, -0.05) is 5.16 Å². The Labute approximate surface area is 113 Å². The maximum absolute atomic E-state index is 12.2. The molecule has 2 fully saturated rings. The van der Waals surface area contributed by atoms with Gasteiger partial charge >= 0.3 is 5.97 Å². The van der Waals surface area contributed by atoms with Crippen molar-refractivity contribution in [3.8, 4) is 0 Å². The minimum atomic E-state index is -1.26. The molecule has 20 heavy (non-hydrogen) atoms. The highest BCUT2D eigenvalue weighted by atomic mass is 16.5. The maximum atomic E-state index is 12.2. The second-order valence-corrected chi connectivity index (χ2v) is 4.91. The fourth-order valence-corrected chi connectivity index (χ4v) is 2.69. The van der Waals surface area contributed by atoms with E-state index in [0.29, 0.717) is 26.1 Å².